The van der Waals surface area contributed by atoms with Gasteiger partial charge in [-0.15, -0.1) is 0 Å². The summed E-state index contributed by atoms with van der Waals surface area (Å²) in [6.07, 6.45) is 1.57. The summed E-state index contributed by atoms with van der Waals surface area (Å²) in [5, 5.41) is 6.75. The maximum Gasteiger partial charge on any atom is 0.332 e. The maximum atomic E-state index is 13.3. The highest BCUT2D eigenvalue weighted by molar-refractivity contribution is 6.36. The van der Waals surface area contributed by atoms with E-state index in [0.29, 0.717) is 45.5 Å². The van der Waals surface area contributed by atoms with E-state index in [4.69, 9.17) is 32.7 Å². The average molecular weight is 476 g/mol. The molecule has 8 nitrogen and oxygen atoms in total. The fraction of sp³-hybridized carbons (Fsp3) is 0.227. The van der Waals surface area contributed by atoms with E-state index in [1.807, 2.05) is 6.92 Å². The lowest BCUT2D eigenvalue weighted by Crippen LogP contribution is -2.32. The van der Waals surface area contributed by atoms with Gasteiger partial charge in [-0.05, 0) is 49.4 Å². The molecular weight excluding hydrogens is 453 g/mol. The van der Waals surface area contributed by atoms with Crippen LogP contribution in [0.1, 0.15) is 6.92 Å². The number of aromatic nitrogens is 2. The molecule has 10 heteroatoms. The zero-order valence-corrected chi connectivity index (χ0v) is 19.3. The Morgan fingerprint density at radius 3 is 2.53 bits per heavy atom. The van der Waals surface area contributed by atoms with E-state index in [2.05, 4.69) is 20.6 Å². The third-order valence-corrected chi connectivity index (χ3v) is 4.92. The highest BCUT2D eigenvalue weighted by atomic mass is 35.5. The second kappa shape index (κ2) is 11.0. The fourth-order valence-corrected chi connectivity index (χ4v) is 3.36. The minimum Gasteiger partial charge on any atom is -0.497 e. The molecule has 1 atom stereocenters. The van der Waals surface area contributed by atoms with Gasteiger partial charge in [0.1, 0.15) is 11.6 Å². The van der Waals surface area contributed by atoms with Crippen LogP contribution in [0.5, 0.6) is 5.75 Å². The van der Waals surface area contributed by atoms with Crippen LogP contribution >= 0.6 is 23.2 Å². The number of nitrogens with one attached hydrogen (secondary N) is 2. The average Bonchev–Trinajstić information content (AvgIpc) is 2.77. The van der Waals surface area contributed by atoms with Gasteiger partial charge in [-0.2, -0.15) is 4.98 Å². The van der Waals surface area contributed by atoms with Crippen molar-refractivity contribution in [3.63, 3.8) is 0 Å². The Labute approximate surface area is 196 Å². The molecule has 0 spiro atoms. The van der Waals surface area contributed by atoms with Gasteiger partial charge in [0.2, 0.25) is 5.95 Å². The summed E-state index contributed by atoms with van der Waals surface area (Å²) in [6, 6.07) is 13.0. The lowest BCUT2D eigenvalue weighted by molar-refractivity contribution is 0.190. The number of amides is 2. The van der Waals surface area contributed by atoms with Crippen LogP contribution in [-0.4, -0.2) is 42.9 Å². The Kier molecular flexibility index (Phi) is 8.10. The SMILES string of the molecule is COCC(C)Nc1nccc(N(C(=O)Nc2ccc(Cl)cc2Cl)c2ccc(OC)cc2)n1. The molecule has 2 aromatic carbocycles. The van der Waals surface area contributed by atoms with Gasteiger partial charge < -0.3 is 20.1 Å². The number of benzene rings is 2. The molecule has 32 heavy (non-hydrogen) atoms. The minimum absolute atomic E-state index is 0.0219. The molecule has 1 unspecified atom stereocenters. The Morgan fingerprint density at radius 1 is 1.12 bits per heavy atom. The summed E-state index contributed by atoms with van der Waals surface area (Å²) in [7, 11) is 3.19. The summed E-state index contributed by atoms with van der Waals surface area (Å²) >= 11 is 12.2. The van der Waals surface area contributed by atoms with E-state index in [-0.39, 0.29) is 6.04 Å². The molecule has 2 N–H and O–H groups in total. The zero-order valence-electron chi connectivity index (χ0n) is 17.8. The smallest absolute Gasteiger partial charge is 0.332 e. The number of ether oxygens (including phenoxy) is 2. The first kappa shape index (κ1) is 23.6. The Balaban J connectivity index is 1.96. The quantitative estimate of drug-likeness (QED) is 0.440. The highest BCUT2D eigenvalue weighted by Crippen LogP contribution is 2.30. The normalized spacial score (nSPS) is 11.5. The molecule has 0 saturated carbocycles. The first-order valence-corrected chi connectivity index (χ1v) is 10.5. The predicted octanol–water partition coefficient (Wildman–Crippen LogP) is 5.61. The first-order valence-electron chi connectivity index (χ1n) is 9.70. The molecule has 0 aliphatic carbocycles. The van der Waals surface area contributed by atoms with E-state index < -0.39 is 6.03 Å². The van der Waals surface area contributed by atoms with Gasteiger partial charge in [-0.3, -0.25) is 0 Å². The number of carbonyl (C=O) groups excluding carboxylic acids is 1. The predicted molar refractivity (Wildman–Crippen MR) is 128 cm³/mol. The highest BCUT2D eigenvalue weighted by Gasteiger charge is 2.21. The molecule has 2 amide bonds. The van der Waals surface area contributed by atoms with Gasteiger partial charge in [0.25, 0.3) is 0 Å². The van der Waals surface area contributed by atoms with Crippen molar-refractivity contribution in [2.24, 2.45) is 0 Å². The van der Waals surface area contributed by atoms with E-state index in [9.17, 15) is 4.79 Å². The summed E-state index contributed by atoms with van der Waals surface area (Å²) in [4.78, 5) is 23.5. The number of hydrogen-bond acceptors (Lipinski definition) is 6. The van der Waals surface area contributed by atoms with Gasteiger partial charge in [0, 0.05) is 30.4 Å². The third kappa shape index (κ3) is 6.00. The lowest BCUT2D eigenvalue weighted by atomic mass is 10.2. The Bertz CT molecular complexity index is 1070. The van der Waals surface area contributed by atoms with Gasteiger partial charge >= 0.3 is 6.03 Å². The van der Waals surface area contributed by atoms with Gasteiger partial charge in [-0.25, -0.2) is 14.7 Å². The molecule has 3 aromatic rings. The molecule has 0 aliphatic rings. The van der Waals surface area contributed by atoms with Crippen molar-refractivity contribution in [2.45, 2.75) is 13.0 Å². The molecule has 1 aromatic heterocycles. The maximum absolute atomic E-state index is 13.3. The third-order valence-electron chi connectivity index (χ3n) is 4.37. The topological polar surface area (TPSA) is 88.6 Å². The zero-order chi connectivity index (χ0) is 23.1. The van der Waals surface area contributed by atoms with Crippen molar-refractivity contribution in [2.75, 3.05) is 36.4 Å². The lowest BCUT2D eigenvalue weighted by Gasteiger charge is -2.23. The second-order valence-corrected chi connectivity index (χ2v) is 7.67. The largest absolute Gasteiger partial charge is 0.497 e. The molecule has 0 fully saturated rings. The van der Waals surface area contributed by atoms with E-state index >= 15 is 0 Å². The number of halogens is 2. The van der Waals surface area contributed by atoms with Crippen molar-refractivity contribution in [1.82, 2.24) is 9.97 Å². The molecule has 0 aliphatic heterocycles. The van der Waals surface area contributed by atoms with E-state index in [1.54, 1.807) is 68.9 Å². The van der Waals surface area contributed by atoms with Crippen LogP contribution < -0.4 is 20.3 Å². The van der Waals surface area contributed by atoms with Gasteiger partial charge in [-0.1, -0.05) is 23.2 Å². The van der Waals surface area contributed by atoms with Crippen LogP contribution in [0.4, 0.5) is 27.9 Å². The van der Waals surface area contributed by atoms with Crippen LogP contribution in [0.3, 0.4) is 0 Å². The monoisotopic (exact) mass is 475 g/mol. The van der Waals surface area contributed by atoms with E-state index in [1.165, 1.54) is 4.90 Å². The second-order valence-electron chi connectivity index (χ2n) is 6.83. The van der Waals surface area contributed by atoms with Crippen LogP contribution in [-0.2, 0) is 4.74 Å². The minimum atomic E-state index is -0.464. The van der Waals surface area contributed by atoms with Crippen molar-refractivity contribution in [1.29, 1.82) is 0 Å². The number of anilines is 4. The number of urea groups is 1. The standard InChI is InChI=1S/C22H23Cl2N5O3/c1-14(13-31-2)26-21-25-11-10-20(28-21)29(16-5-7-17(32-3)8-6-16)22(30)27-19-9-4-15(23)12-18(19)24/h4-12,14H,13H2,1-3H3,(H,27,30)(H,25,26,28). The molecule has 3 rings (SSSR count). The summed E-state index contributed by atoms with van der Waals surface area (Å²) in [6.45, 7) is 2.42. The van der Waals surface area contributed by atoms with Crippen molar-refractivity contribution in [3.8, 4) is 5.75 Å². The molecular formula is C22H23Cl2N5O3. The van der Waals surface area contributed by atoms with Gasteiger partial charge in [0.15, 0.2) is 0 Å². The summed E-state index contributed by atoms with van der Waals surface area (Å²) in [5.41, 5.74) is 0.990. The van der Waals surface area contributed by atoms with E-state index in [0.717, 1.165) is 0 Å². The van der Waals surface area contributed by atoms with Gasteiger partial charge in [0.05, 0.1) is 30.1 Å². The van der Waals surface area contributed by atoms with Crippen molar-refractivity contribution >= 4 is 52.4 Å². The summed E-state index contributed by atoms with van der Waals surface area (Å²) in [5.74, 6) is 1.39. The number of rotatable bonds is 8. The van der Waals surface area contributed by atoms with Crippen molar-refractivity contribution < 1.29 is 14.3 Å². The summed E-state index contributed by atoms with van der Waals surface area (Å²) < 4.78 is 10.4. The number of carbonyl (C=O) groups is 1. The first-order chi connectivity index (χ1) is 15.4. The number of nitrogens with zero attached hydrogens (tertiary/aromatic N) is 3. The fourth-order valence-electron chi connectivity index (χ4n) is 2.90. The van der Waals surface area contributed by atoms with Crippen LogP contribution in [0.2, 0.25) is 10.0 Å². The Hall–Kier alpha value is -3.07. The number of hydrogen-bond donors (Lipinski definition) is 2. The van der Waals surface area contributed by atoms with Crippen LogP contribution in [0, 0.1) is 0 Å². The molecule has 0 radical (unpaired) electrons. The Morgan fingerprint density at radius 2 is 1.88 bits per heavy atom. The molecule has 0 bridgehead atoms. The molecule has 0 saturated heterocycles. The molecule has 168 valence electrons. The molecule has 1 heterocycles. The van der Waals surface area contributed by atoms with Crippen LogP contribution in [0.15, 0.2) is 54.7 Å². The van der Waals surface area contributed by atoms with Crippen molar-refractivity contribution in [3.05, 3.63) is 64.8 Å². The number of methoxy groups -OCH3 is 2. The van der Waals surface area contributed by atoms with Crippen LogP contribution in [0.25, 0.3) is 0 Å².